The molecule has 1 saturated carbocycles. The minimum atomic E-state index is -1.63. The maximum Gasteiger partial charge on any atom is 0.308 e. The third-order valence-corrected chi connectivity index (χ3v) is 13.9. The van der Waals surface area contributed by atoms with E-state index in [9.17, 15) is 48.3 Å². The largest absolute Gasteiger partial charge is 0.465 e. The van der Waals surface area contributed by atoms with Crippen molar-refractivity contribution in [1.82, 2.24) is 36.5 Å². The minimum absolute atomic E-state index is 0.00242. The van der Waals surface area contributed by atoms with Crippen LogP contribution in [0.4, 0.5) is 5.69 Å². The van der Waals surface area contributed by atoms with Crippen molar-refractivity contribution >= 4 is 80.5 Å². The summed E-state index contributed by atoms with van der Waals surface area (Å²) in [6, 6.07) is 6.96. The van der Waals surface area contributed by atoms with Gasteiger partial charge in [-0.15, -0.1) is 11.3 Å². The fourth-order valence-electron chi connectivity index (χ4n) is 8.89. The molecular weight excluding hydrogens is 1040 g/mol. The number of aromatic nitrogens is 1. The number of carbonyl (C=O) groups excluding carboxylic acids is 9. The Balaban J connectivity index is 1.25. The van der Waals surface area contributed by atoms with Gasteiger partial charge in [0.25, 0.3) is 5.91 Å². The molecule has 1 unspecified atom stereocenters. The van der Waals surface area contributed by atoms with Crippen molar-refractivity contribution in [3.63, 3.8) is 0 Å². The third kappa shape index (κ3) is 22.7. The van der Waals surface area contributed by atoms with Gasteiger partial charge in [0.1, 0.15) is 30.4 Å². The predicted molar refractivity (Wildman–Crippen MR) is 300 cm³/mol. The van der Waals surface area contributed by atoms with Crippen molar-refractivity contribution in [3.05, 3.63) is 53.0 Å². The van der Waals surface area contributed by atoms with Crippen LogP contribution in [0.5, 0.6) is 0 Å². The first-order valence-corrected chi connectivity index (χ1v) is 28.7. The van der Waals surface area contributed by atoms with Crippen LogP contribution in [-0.4, -0.2) is 133 Å². The molecular formula is C57H86N8O13S. The second-order valence-electron chi connectivity index (χ2n) is 21.6. The van der Waals surface area contributed by atoms with Crippen LogP contribution in [0.3, 0.4) is 0 Å². The molecule has 4 rings (SSSR count). The van der Waals surface area contributed by atoms with Crippen molar-refractivity contribution < 1.29 is 62.5 Å². The molecule has 0 aliphatic heterocycles. The van der Waals surface area contributed by atoms with Crippen LogP contribution in [0.25, 0.3) is 10.2 Å². The van der Waals surface area contributed by atoms with Crippen LogP contribution < -0.4 is 36.8 Å². The third-order valence-electron chi connectivity index (χ3n) is 13.0. The Morgan fingerprint density at radius 2 is 1.30 bits per heavy atom. The fourth-order valence-corrected chi connectivity index (χ4v) is 9.71. The lowest BCUT2D eigenvalue weighted by atomic mass is 9.85. The monoisotopic (exact) mass is 1120 g/mol. The number of aliphatic hydroxyl groups is 1. The first-order valence-electron chi connectivity index (χ1n) is 27.8. The van der Waals surface area contributed by atoms with Crippen LogP contribution in [0.2, 0.25) is 0 Å². The number of rotatable bonds is 33. The topological polar surface area (TPSA) is 282 Å². The molecule has 79 heavy (non-hydrogen) atoms. The van der Waals surface area contributed by atoms with Crippen molar-refractivity contribution in [1.29, 1.82) is 0 Å². The van der Waals surface area contributed by atoms with Gasteiger partial charge in [0, 0.05) is 50.6 Å². The summed E-state index contributed by atoms with van der Waals surface area (Å²) < 4.78 is 18.7. The van der Waals surface area contributed by atoms with Gasteiger partial charge in [-0.25, -0.2) is 0 Å². The van der Waals surface area contributed by atoms with E-state index in [1.807, 2.05) is 97.2 Å². The van der Waals surface area contributed by atoms with Gasteiger partial charge in [0.2, 0.25) is 35.4 Å². The van der Waals surface area contributed by atoms with Gasteiger partial charge in [-0.3, -0.25) is 43.2 Å². The van der Waals surface area contributed by atoms with Gasteiger partial charge < -0.3 is 60.7 Å². The molecule has 1 aromatic carbocycles. The molecule has 7 N–H and O–H groups in total. The summed E-state index contributed by atoms with van der Waals surface area (Å²) in [6.07, 6.45) is 2.13. The summed E-state index contributed by atoms with van der Waals surface area (Å²) in [5.74, 6) is -5.42. The number of nitrogens with one attached hydrogen (secondary N) is 6. The minimum Gasteiger partial charge on any atom is -0.465 e. The summed E-state index contributed by atoms with van der Waals surface area (Å²) in [4.78, 5) is 121. The Morgan fingerprint density at radius 1 is 0.722 bits per heavy atom. The molecule has 7 amide bonds. The molecule has 438 valence electrons. The number of hydrogen-bond donors (Lipinski definition) is 7. The highest BCUT2D eigenvalue weighted by Gasteiger charge is 2.34. The number of aliphatic hydroxyl groups excluding tert-OH is 1. The van der Waals surface area contributed by atoms with Crippen molar-refractivity contribution in [3.8, 4) is 0 Å². The van der Waals surface area contributed by atoms with Gasteiger partial charge in [-0.2, -0.15) is 0 Å². The van der Waals surface area contributed by atoms with Gasteiger partial charge in [0.15, 0.2) is 6.29 Å². The van der Waals surface area contributed by atoms with E-state index in [2.05, 4.69) is 31.9 Å². The number of likely N-dealkylation sites (N-methyl/N-ethyl adjacent to an activating group) is 1. The zero-order chi connectivity index (χ0) is 58.2. The smallest absolute Gasteiger partial charge is 0.308 e. The molecule has 22 heteroatoms. The van der Waals surface area contributed by atoms with E-state index in [1.165, 1.54) is 11.3 Å². The van der Waals surface area contributed by atoms with E-state index in [0.29, 0.717) is 63.7 Å². The lowest BCUT2D eigenvalue weighted by molar-refractivity contribution is -0.149. The number of ether oxygens (including phenoxy) is 3. The summed E-state index contributed by atoms with van der Waals surface area (Å²) in [5.41, 5.74) is 3.11. The molecule has 0 spiro atoms. The standard InChI is InChI=1S/C57H86N8O13S/c1-10-64(42-17-15-16-38(8)26-42)49(67)31-65-46-22-25-79-48(46)30-47(65)57(75)61-41-20-18-40(19-21-41)53(71)58-23-13-11-12-14-24-59-54(72)43(27-50(68)76-32-35(2)3)62-56(74)45(29-52(70)78-34-37(6)7)63-55(73)44(60-39(9)66)28-51(69)77-33-36(4)5/h15-17,22,25-26,30,35-37,40-41,43-45,50,68H,10-14,18-21,23-24,27-29,31-34H2,1-9H3,(H,58,71)(H,59,72)(H,60,66)(H,61,75)(H,62,74)(H,63,73)/t40?,41?,43-,44-,45-,50?/m0/s1. The normalized spacial score (nSPS) is 15.9. The van der Waals surface area contributed by atoms with Crippen molar-refractivity contribution in [2.75, 3.05) is 44.4 Å². The van der Waals surface area contributed by atoms with E-state index in [1.54, 1.807) is 9.47 Å². The van der Waals surface area contributed by atoms with E-state index in [4.69, 9.17) is 14.2 Å². The number of anilines is 1. The van der Waals surface area contributed by atoms with Gasteiger partial charge in [0.05, 0.1) is 42.9 Å². The Morgan fingerprint density at radius 3 is 1.87 bits per heavy atom. The average Bonchev–Trinajstić information content (AvgIpc) is 4.03. The zero-order valence-corrected chi connectivity index (χ0v) is 48.4. The Hall–Kier alpha value is -6.39. The number of thiophene rings is 1. The number of amides is 7. The highest BCUT2D eigenvalue weighted by molar-refractivity contribution is 7.17. The van der Waals surface area contributed by atoms with E-state index in [-0.39, 0.29) is 86.8 Å². The highest BCUT2D eigenvalue weighted by atomic mass is 32.1. The molecule has 1 aliphatic rings. The SMILES string of the molecule is CCN(C(=O)Cn1c(C(=O)NC2CCC(C(=O)NCCCCCCNC(=O)[C@H](CC(O)OCC(C)C)NC(=O)[C@H](CC(=O)OCC(C)C)NC(=O)[C@H](CC(=O)OCC(C)C)NC(C)=O)CC2)cc2sccc21)c1cccc(C)c1. The Bertz CT molecular complexity index is 2500. The van der Waals surface area contributed by atoms with Crippen LogP contribution in [0.15, 0.2) is 41.8 Å². The molecule has 2 aromatic heterocycles. The molecule has 0 saturated heterocycles. The maximum atomic E-state index is 13.9. The summed E-state index contributed by atoms with van der Waals surface area (Å²) in [7, 11) is 0. The number of benzene rings is 1. The maximum absolute atomic E-state index is 13.9. The number of unbranched alkanes of at least 4 members (excludes halogenated alkanes) is 3. The molecule has 2 heterocycles. The quantitative estimate of drug-likeness (QED) is 0.0236. The molecule has 21 nitrogen and oxygen atoms in total. The number of fused-ring (bicyclic) bond motifs is 1. The zero-order valence-electron chi connectivity index (χ0n) is 47.6. The van der Waals surface area contributed by atoms with Crippen molar-refractivity contribution in [2.45, 2.75) is 170 Å². The van der Waals surface area contributed by atoms with Crippen LogP contribution in [0.1, 0.15) is 142 Å². The van der Waals surface area contributed by atoms with E-state index >= 15 is 0 Å². The lowest BCUT2D eigenvalue weighted by Gasteiger charge is -2.28. The second-order valence-corrected chi connectivity index (χ2v) is 22.6. The van der Waals surface area contributed by atoms with Gasteiger partial charge in [-0.05, 0) is 105 Å². The number of esters is 2. The Labute approximate surface area is 468 Å². The predicted octanol–water partition coefficient (Wildman–Crippen LogP) is 5.18. The average molecular weight is 1120 g/mol. The fraction of sp³-hybridized carbons (Fsp3) is 0.632. The number of carbonyl (C=O) groups is 9. The molecule has 1 fully saturated rings. The van der Waals surface area contributed by atoms with Gasteiger partial charge in [-0.1, -0.05) is 66.5 Å². The molecule has 4 atom stereocenters. The van der Waals surface area contributed by atoms with Crippen LogP contribution in [0, 0.1) is 30.6 Å². The number of aryl methyl sites for hydroxylation is 1. The van der Waals surface area contributed by atoms with Gasteiger partial charge >= 0.3 is 11.9 Å². The summed E-state index contributed by atoms with van der Waals surface area (Å²) in [5, 5.41) is 29.1. The molecule has 3 aromatic rings. The molecule has 1 aliphatic carbocycles. The first kappa shape index (κ1) is 65.1. The van der Waals surface area contributed by atoms with E-state index in [0.717, 1.165) is 34.8 Å². The van der Waals surface area contributed by atoms with Crippen LogP contribution >= 0.6 is 11.3 Å². The summed E-state index contributed by atoms with van der Waals surface area (Å²) >= 11 is 1.51. The second kappa shape index (κ2) is 33.3. The molecule has 0 bridgehead atoms. The van der Waals surface area contributed by atoms with Crippen molar-refractivity contribution in [2.24, 2.45) is 23.7 Å². The first-order chi connectivity index (χ1) is 37.5. The lowest BCUT2D eigenvalue weighted by Crippen LogP contribution is -2.58. The highest BCUT2D eigenvalue weighted by Crippen LogP contribution is 2.28. The Kier molecular flexibility index (Phi) is 27.4. The van der Waals surface area contributed by atoms with E-state index < -0.39 is 72.8 Å². The van der Waals surface area contributed by atoms with Crippen LogP contribution in [-0.2, 0) is 59.1 Å². The molecule has 0 radical (unpaired) electrons. The summed E-state index contributed by atoms with van der Waals surface area (Å²) in [6.45, 7) is 17.5. The number of hydrogen-bond acceptors (Lipinski definition) is 14. The number of nitrogens with zero attached hydrogens (tertiary/aromatic N) is 2.